The SMILES string of the molecule is COCCNC(=O)C1CN(S(=O)(=O)c2ccccc2Cl)CC12CCCC2. The number of amides is 1. The van der Waals surface area contributed by atoms with Crippen molar-refractivity contribution < 1.29 is 17.9 Å². The second kappa shape index (κ2) is 7.84. The monoisotopic (exact) mass is 400 g/mol. The predicted octanol–water partition coefficient (Wildman–Crippen LogP) is 2.28. The highest BCUT2D eigenvalue weighted by Gasteiger charge is 2.54. The number of rotatable bonds is 6. The van der Waals surface area contributed by atoms with E-state index in [0.29, 0.717) is 19.7 Å². The number of benzene rings is 1. The van der Waals surface area contributed by atoms with E-state index in [1.165, 1.54) is 10.4 Å². The second-order valence-corrected chi connectivity index (χ2v) is 9.45. The van der Waals surface area contributed by atoms with Gasteiger partial charge in [-0.1, -0.05) is 36.6 Å². The standard InChI is InChI=1S/C18H25ClN2O4S/c1-25-11-10-20-17(22)14-12-21(13-18(14)8-4-5-9-18)26(23,24)16-7-3-2-6-15(16)19/h2-3,6-7,14H,4-5,8-13H2,1H3,(H,20,22). The first-order valence-electron chi connectivity index (χ1n) is 8.92. The van der Waals surface area contributed by atoms with Crippen LogP contribution in [-0.2, 0) is 19.6 Å². The van der Waals surface area contributed by atoms with Gasteiger partial charge < -0.3 is 10.1 Å². The van der Waals surface area contributed by atoms with Gasteiger partial charge in [0.15, 0.2) is 0 Å². The van der Waals surface area contributed by atoms with Crippen molar-refractivity contribution in [3.05, 3.63) is 29.3 Å². The van der Waals surface area contributed by atoms with E-state index < -0.39 is 10.0 Å². The lowest BCUT2D eigenvalue weighted by molar-refractivity contribution is -0.127. The Bertz CT molecular complexity index is 762. The first-order chi connectivity index (χ1) is 12.4. The molecule has 0 bridgehead atoms. The Labute approximate surface area is 159 Å². The zero-order valence-corrected chi connectivity index (χ0v) is 16.5. The van der Waals surface area contributed by atoms with E-state index in [-0.39, 0.29) is 33.7 Å². The molecule has 144 valence electrons. The van der Waals surface area contributed by atoms with E-state index in [9.17, 15) is 13.2 Å². The summed E-state index contributed by atoms with van der Waals surface area (Å²) in [6, 6.07) is 6.46. The molecule has 1 aromatic rings. The molecule has 3 rings (SSSR count). The van der Waals surface area contributed by atoms with Crippen LogP contribution in [0.3, 0.4) is 0 Å². The van der Waals surface area contributed by atoms with Crippen LogP contribution >= 0.6 is 11.6 Å². The zero-order valence-electron chi connectivity index (χ0n) is 14.9. The minimum atomic E-state index is -3.73. The van der Waals surface area contributed by atoms with Crippen LogP contribution < -0.4 is 5.32 Å². The number of halogens is 1. The third-order valence-corrected chi connectivity index (χ3v) is 7.90. The van der Waals surface area contributed by atoms with Crippen molar-refractivity contribution in [2.24, 2.45) is 11.3 Å². The average molecular weight is 401 g/mol. The number of sulfonamides is 1. The molecule has 1 spiro atoms. The molecular formula is C18H25ClN2O4S. The third kappa shape index (κ3) is 3.63. The highest BCUT2D eigenvalue weighted by molar-refractivity contribution is 7.89. The van der Waals surface area contributed by atoms with Gasteiger partial charge in [-0.2, -0.15) is 4.31 Å². The number of carbonyl (C=O) groups excluding carboxylic acids is 1. The minimum absolute atomic E-state index is 0.0826. The van der Waals surface area contributed by atoms with E-state index in [4.69, 9.17) is 16.3 Å². The summed E-state index contributed by atoms with van der Waals surface area (Å²) in [5.74, 6) is -0.417. The molecule has 0 radical (unpaired) electrons. The summed E-state index contributed by atoms with van der Waals surface area (Å²) in [5, 5.41) is 3.10. The number of nitrogens with zero attached hydrogens (tertiary/aromatic N) is 1. The molecule has 1 N–H and O–H groups in total. The van der Waals surface area contributed by atoms with Crippen molar-refractivity contribution in [3.63, 3.8) is 0 Å². The fourth-order valence-corrected chi connectivity index (χ4v) is 6.29. The maximum atomic E-state index is 13.1. The van der Waals surface area contributed by atoms with Crippen LogP contribution in [0.5, 0.6) is 0 Å². The molecule has 1 amide bonds. The Morgan fingerprint density at radius 2 is 2.04 bits per heavy atom. The summed E-state index contributed by atoms with van der Waals surface area (Å²) >= 11 is 6.12. The summed E-state index contributed by atoms with van der Waals surface area (Å²) < 4.78 is 32.7. The van der Waals surface area contributed by atoms with Crippen molar-refractivity contribution in [2.75, 3.05) is 33.4 Å². The van der Waals surface area contributed by atoms with Crippen LogP contribution in [0, 0.1) is 11.3 Å². The van der Waals surface area contributed by atoms with Gasteiger partial charge in [-0.15, -0.1) is 0 Å². The molecule has 2 aliphatic rings. The molecule has 8 heteroatoms. The summed E-state index contributed by atoms with van der Waals surface area (Å²) in [5.41, 5.74) is -0.272. The van der Waals surface area contributed by atoms with Gasteiger partial charge >= 0.3 is 0 Å². The smallest absolute Gasteiger partial charge is 0.244 e. The van der Waals surface area contributed by atoms with Gasteiger partial charge in [0.1, 0.15) is 4.90 Å². The molecule has 1 unspecified atom stereocenters. The number of nitrogens with one attached hydrogen (secondary N) is 1. The molecular weight excluding hydrogens is 376 g/mol. The van der Waals surface area contributed by atoms with Crippen LogP contribution in [-0.4, -0.2) is 52.0 Å². The molecule has 6 nitrogen and oxygen atoms in total. The van der Waals surface area contributed by atoms with Crippen molar-refractivity contribution in [1.82, 2.24) is 9.62 Å². The molecule has 1 atom stereocenters. The average Bonchev–Trinajstić information content (AvgIpc) is 3.23. The maximum Gasteiger partial charge on any atom is 0.244 e. The maximum absolute atomic E-state index is 13.1. The van der Waals surface area contributed by atoms with Gasteiger partial charge in [-0.25, -0.2) is 8.42 Å². The fraction of sp³-hybridized carbons (Fsp3) is 0.611. The van der Waals surface area contributed by atoms with E-state index >= 15 is 0 Å². The Morgan fingerprint density at radius 1 is 1.35 bits per heavy atom. The highest BCUT2D eigenvalue weighted by Crippen LogP contribution is 2.50. The molecule has 0 aromatic heterocycles. The zero-order chi connectivity index (χ0) is 18.8. The number of ether oxygens (including phenoxy) is 1. The Kier molecular flexibility index (Phi) is 5.91. The number of methoxy groups -OCH3 is 1. The molecule has 26 heavy (non-hydrogen) atoms. The Hall–Kier alpha value is -1.15. The minimum Gasteiger partial charge on any atom is -0.383 e. The van der Waals surface area contributed by atoms with Crippen LogP contribution in [0.4, 0.5) is 0 Å². The van der Waals surface area contributed by atoms with Crippen LogP contribution in [0.2, 0.25) is 5.02 Å². The summed E-state index contributed by atoms with van der Waals surface area (Å²) in [6.45, 7) is 1.45. The normalized spacial score (nSPS) is 22.8. The van der Waals surface area contributed by atoms with Gasteiger partial charge in [0.2, 0.25) is 15.9 Å². The largest absolute Gasteiger partial charge is 0.383 e. The highest BCUT2D eigenvalue weighted by atomic mass is 35.5. The summed E-state index contributed by atoms with van der Waals surface area (Å²) in [6.07, 6.45) is 3.82. The lowest BCUT2D eigenvalue weighted by Gasteiger charge is -2.29. The molecule has 1 heterocycles. The van der Waals surface area contributed by atoms with Crippen LogP contribution in [0.25, 0.3) is 0 Å². The number of hydrogen-bond donors (Lipinski definition) is 1. The van der Waals surface area contributed by atoms with Gasteiger partial charge in [-0.3, -0.25) is 4.79 Å². The quantitative estimate of drug-likeness (QED) is 0.743. The molecule has 1 aliphatic heterocycles. The topological polar surface area (TPSA) is 75.7 Å². The lowest BCUT2D eigenvalue weighted by Crippen LogP contribution is -2.41. The molecule has 2 fully saturated rings. The van der Waals surface area contributed by atoms with Crippen molar-refractivity contribution >= 4 is 27.5 Å². The fourth-order valence-electron chi connectivity index (χ4n) is 4.25. The predicted molar refractivity (Wildman–Crippen MR) is 99.5 cm³/mol. The van der Waals surface area contributed by atoms with Crippen molar-refractivity contribution in [3.8, 4) is 0 Å². The van der Waals surface area contributed by atoms with E-state index in [1.54, 1.807) is 25.3 Å². The van der Waals surface area contributed by atoms with Crippen molar-refractivity contribution in [2.45, 2.75) is 30.6 Å². The molecule has 1 saturated carbocycles. The van der Waals surface area contributed by atoms with Crippen LogP contribution in [0.1, 0.15) is 25.7 Å². The van der Waals surface area contributed by atoms with Gasteiger partial charge in [0.25, 0.3) is 0 Å². The second-order valence-electron chi connectivity index (χ2n) is 7.13. The van der Waals surface area contributed by atoms with E-state index in [2.05, 4.69) is 5.32 Å². The van der Waals surface area contributed by atoms with Crippen LogP contribution in [0.15, 0.2) is 29.2 Å². The van der Waals surface area contributed by atoms with E-state index in [1.807, 2.05) is 0 Å². The van der Waals surface area contributed by atoms with Gasteiger partial charge in [0.05, 0.1) is 17.5 Å². The molecule has 1 saturated heterocycles. The van der Waals surface area contributed by atoms with Gasteiger partial charge in [0, 0.05) is 26.7 Å². The summed E-state index contributed by atoms with van der Waals surface area (Å²) in [4.78, 5) is 12.8. The molecule has 1 aliphatic carbocycles. The van der Waals surface area contributed by atoms with Gasteiger partial charge in [-0.05, 0) is 30.4 Å². The Balaban J connectivity index is 1.85. The number of carbonyl (C=O) groups is 1. The molecule has 1 aromatic carbocycles. The summed E-state index contributed by atoms with van der Waals surface area (Å²) in [7, 11) is -2.15. The lowest BCUT2D eigenvalue weighted by atomic mass is 9.76. The number of hydrogen-bond acceptors (Lipinski definition) is 4. The first kappa shape index (κ1) is 19.6. The Morgan fingerprint density at radius 3 is 2.69 bits per heavy atom. The first-order valence-corrected chi connectivity index (χ1v) is 10.7. The van der Waals surface area contributed by atoms with E-state index in [0.717, 1.165) is 25.7 Å². The van der Waals surface area contributed by atoms with Crippen molar-refractivity contribution in [1.29, 1.82) is 0 Å². The third-order valence-electron chi connectivity index (χ3n) is 5.59.